The summed E-state index contributed by atoms with van der Waals surface area (Å²) in [6.07, 6.45) is 0. The molecule has 0 saturated heterocycles. The van der Waals surface area contributed by atoms with E-state index in [1.807, 2.05) is 0 Å². The third-order valence-electron chi connectivity index (χ3n) is 0. The van der Waals surface area contributed by atoms with Crippen molar-refractivity contribution in [3.63, 3.8) is 0 Å². The third kappa shape index (κ3) is 13.1. The van der Waals surface area contributed by atoms with Crippen molar-refractivity contribution in [3.8, 4) is 0 Å². The van der Waals surface area contributed by atoms with Crippen molar-refractivity contribution >= 4 is 0 Å². The van der Waals surface area contributed by atoms with E-state index in [2.05, 4.69) is 7.11 Å². The molecule has 0 atom stereocenters. The Labute approximate surface area is 47.2 Å². The SMILES string of the molecule is [CH2-]O.[CH3-].[Cd+2]. The molecule has 0 radical (unpaired) electrons. The minimum absolute atomic E-state index is 0. The molecule has 1 N–H and O–H groups in total. The van der Waals surface area contributed by atoms with Crippen LogP contribution in [0.25, 0.3) is 0 Å². The second-order valence-electron chi connectivity index (χ2n) is 0. The van der Waals surface area contributed by atoms with Gasteiger partial charge < -0.3 is 12.5 Å². The van der Waals surface area contributed by atoms with E-state index >= 15 is 0 Å². The standard InChI is InChI=1S/CH3O.CH3.Cd/c1-2;;/h2H,1H2;1H3;/q2*-1;+2. The summed E-state index contributed by atoms with van der Waals surface area (Å²) in [4.78, 5) is 0. The maximum atomic E-state index is 6.75. The summed E-state index contributed by atoms with van der Waals surface area (Å²) in [5, 5.41) is 6.75. The van der Waals surface area contributed by atoms with Gasteiger partial charge in [0.15, 0.2) is 0 Å². The van der Waals surface area contributed by atoms with Crippen LogP contribution in [-0.4, -0.2) is 5.11 Å². The Morgan fingerprint density at radius 3 is 1.25 bits per heavy atom. The van der Waals surface area contributed by atoms with Gasteiger partial charge >= 0.3 is 27.3 Å². The van der Waals surface area contributed by atoms with Gasteiger partial charge in [-0.2, -0.15) is 0 Å². The van der Waals surface area contributed by atoms with Crippen LogP contribution in [0.4, 0.5) is 0 Å². The van der Waals surface area contributed by atoms with E-state index in [1.165, 1.54) is 0 Å². The van der Waals surface area contributed by atoms with E-state index in [0.717, 1.165) is 0 Å². The summed E-state index contributed by atoms with van der Waals surface area (Å²) >= 11 is 0. The van der Waals surface area contributed by atoms with Crippen molar-refractivity contribution in [1.29, 1.82) is 0 Å². The van der Waals surface area contributed by atoms with Gasteiger partial charge in [-0.25, -0.2) is 7.11 Å². The Bertz CT molecular complexity index is 6.00. The van der Waals surface area contributed by atoms with E-state index in [4.69, 9.17) is 5.11 Å². The molecule has 0 aromatic heterocycles. The second kappa shape index (κ2) is 41.4. The maximum Gasteiger partial charge on any atom is 2.00 e. The molecular formula is C2H6CdO. The van der Waals surface area contributed by atoms with Crippen LogP contribution in [0.2, 0.25) is 0 Å². The van der Waals surface area contributed by atoms with Gasteiger partial charge in [-0.3, -0.25) is 0 Å². The summed E-state index contributed by atoms with van der Waals surface area (Å²) in [6, 6.07) is 0. The van der Waals surface area contributed by atoms with Gasteiger partial charge in [-0.1, -0.05) is 0 Å². The van der Waals surface area contributed by atoms with E-state index in [1.54, 1.807) is 0 Å². The van der Waals surface area contributed by atoms with Crippen LogP contribution in [-0.2, 0) is 27.3 Å². The van der Waals surface area contributed by atoms with Gasteiger partial charge in [0.2, 0.25) is 0 Å². The van der Waals surface area contributed by atoms with Gasteiger partial charge in [-0.05, 0) is 0 Å². The summed E-state index contributed by atoms with van der Waals surface area (Å²) in [5.41, 5.74) is 0. The minimum Gasteiger partial charge on any atom is -0.569 e. The van der Waals surface area contributed by atoms with Crippen molar-refractivity contribution < 1.29 is 32.4 Å². The maximum absolute atomic E-state index is 6.75. The topological polar surface area (TPSA) is 20.2 Å². The van der Waals surface area contributed by atoms with Crippen molar-refractivity contribution in [2.75, 3.05) is 0 Å². The summed E-state index contributed by atoms with van der Waals surface area (Å²) in [5.74, 6) is 0. The molecule has 0 heterocycles. The molecule has 4 heavy (non-hydrogen) atoms. The van der Waals surface area contributed by atoms with Gasteiger partial charge in [0, 0.05) is 0 Å². The molecule has 0 aromatic rings. The fourth-order valence-electron chi connectivity index (χ4n) is 0. The summed E-state index contributed by atoms with van der Waals surface area (Å²) in [7, 11) is 2.25. The molecule has 1 nitrogen and oxygen atoms in total. The third-order valence-corrected chi connectivity index (χ3v) is 0. The number of hydrogen-bond donors (Lipinski definition) is 1. The number of aliphatic hydroxyl groups is 1. The van der Waals surface area contributed by atoms with Gasteiger partial charge in [0.1, 0.15) is 0 Å². The molecule has 0 amide bonds. The molecular weight excluding hydrogens is 152 g/mol. The fraction of sp³-hybridized carbons (Fsp3) is 0. The van der Waals surface area contributed by atoms with Crippen LogP contribution in [0.5, 0.6) is 0 Å². The summed E-state index contributed by atoms with van der Waals surface area (Å²) < 4.78 is 0. The zero-order valence-corrected chi connectivity index (χ0v) is 6.90. The molecule has 0 bridgehead atoms. The van der Waals surface area contributed by atoms with Crippen LogP contribution in [0.1, 0.15) is 0 Å². The molecule has 22 valence electrons. The number of aliphatic hydroxyl groups excluding tert-OH is 1. The van der Waals surface area contributed by atoms with Gasteiger partial charge in [-0.15, -0.1) is 0 Å². The van der Waals surface area contributed by atoms with E-state index in [-0.39, 0.29) is 34.7 Å². The zero-order chi connectivity index (χ0) is 2.00. The monoisotopic (exact) mass is 160 g/mol. The number of rotatable bonds is 0. The molecule has 0 spiro atoms. The Morgan fingerprint density at radius 2 is 1.25 bits per heavy atom. The van der Waals surface area contributed by atoms with E-state index in [0.29, 0.717) is 0 Å². The largest absolute Gasteiger partial charge is 2.00 e. The Hall–Kier alpha value is 0.882. The fourth-order valence-corrected chi connectivity index (χ4v) is 0. The average Bonchev–Trinajstić information content (AvgIpc) is 1.00. The van der Waals surface area contributed by atoms with Crippen molar-refractivity contribution in [1.82, 2.24) is 0 Å². The molecule has 0 aliphatic carbocycles. The normalized spacial score (nSPS) is 1.50. The molecule has 0 aliphatic heterocycles. The smallest absolute Gasteiger partial charge is 0.569 e. The van der Waals surface area contributed by atoms with E-state index in [9.17, 15) is 0 Å². The van der Waals surface area contributed by atoms with Crippen LogP contribution in [0.15, 0.2) is 0 Å². The molecule has 0 unspecified atom stereocenters. The Morgan fingerprint density at radius 1 is 1.25 bits per heavy atom. The predicted octanol–water partition coefficient (Wildman–Crippen LogP) is 0.598. The Balaban J connectivity index is -0.00000000500. The molecule has 0 fully saturated rings. The van der Waals surface area contributed by atoms with Crippen molar-refractivity contribution in [2.24, 2.45) is 0 Å². The van der Waals surface area contributed by atoms with E-state index < -0.39 is 0 Å². The summed E-state index contributed by atoms with van der Waals surface area (Å²) in [6.45, 7) is 0. The first-order chi connectivity index (χ1) is 1.00. The molecule has 0 aliphatic rings. The Kier molecular flexibility index (Phi) is 215. The first-order valence-corrected chi connectivity index (χ1v) is 0.316. The van der Waals surface area contributed by atoms with Gasteiger partial charge in [0.25, 0.3) is 0 Å². The van der Waals surface area contributed by atoms with Crippen LogP contribution in [0, 0.1) is 14.5 Å². The quantitative estimate of drug-likeness (QED) is 0.404. The zero-order valence-electron chi connectivity index (χ0n) is 2.86. The van der Waals surface area contributed by atoms with Crippen LogP contribution >= 0.6 is 0 Å². The first kappa shape index (κ1) is 20.8. The molecule has 2 heteroatoms. The predicted molar refractivity (Wildman–Crippen MR) is 13.7 cm³/mol. The first-order valence-electron chi connectivity index (χ1n) is 0.316. The second-order valence-corrected chi connectivity index (χ2v) is 0. The number of hydrogen-bond acceptors (Lipinski definition) is 1. The molecule has 0 aromatic carbocycles. The van der Waals surface area contributed by atoms with Crippen molar-refractivity contribution in [3.05, 3.63) is 14.5 Å². The minimum atomic E-state index is 0. The average molecular weight is 158 g/mol. The van der Waals surface area contributed by atoms with Crippen molar-refractivity contribution in [2.45, 2.75) is 0 Å². The molecule has 0 saturated carbocycles. The molecule has 0 rings (SSSR count). The van der Waals surface area contributed by atoms with Gasteiger partial charge in [0.05, 0.1) is 0 Å². The van der Waals surface area contributed by atoms with Crippen LogP contribution < -0.4 is 0 Å². The van der Waals surface area contributed by atoms with Crippen LogP contribution in [0.3, 0.4) is 0 Å².